The monoisotopic (exact) mass is 418 g/mol. The van der Waals surface area contributed by atoms with Crippen LogP contribution in [0.3, 0.4) is 0 Å². The van der Waals surface area contributed by atoms with E-state index in [1.54, 1.807) is 4.72 Å². The number of pyridine rings is 1. The number of hydrogen-bond acceptors (Lipinski definition) is 4. The molecule has 3 aromatic rings. The van der Waals surface area contributed by atoms with Crippen LogP contribution in [0.5, 0.6) is 0 Å². The first-order valence-corrected chi connectivity index (χ1v) is 9.17. The van der Waals surface area contributed by atoms with Crippen molar-refractivity contribution in [1.29, 1.82) is 0 Å². The number of halogens is 3. The van der Waals surface area contributed by atoms with Crippen LogP contribution < -0.4 is 4.72 Å². The van der Waals surface area contributed by atoms with Gasteiger partial charge in [0.1, 0.15) is 11.5 Å². The number of fused-ring (bicyclic) bond motifs is 1. The van der Waals surface area contributed by atoms with E-state index in [4.69, 9.17) is 18.5 Å². The fraction of sp³-hybridized carbons (Fsp3) is 0.176. The van der Waals surface area contributed by atoms with Gasteiger partial charge in [0.15, 0.2) is 5.82 Å². The van der Waals surface area contributed by atoms with Gasteiger partial charge in [0, 0.05) is 30.2 Å². The van der Waals surface area contributed by atoms with Gasteiger partial charge in [0.05, 0.1) is 22.0 Å². The van der Waals surface area contributed by atoms with Crippen LogP contribution in [0.15, 0.2) is 30.6 Å². The molecule has 0 bridgehead atoms. The molecule has 0 spiro atoms. The highest BCUT2D eigenvalue weighted by atomic mass is 35.5. The molecule has 0 aliphatic rings. The molecule has 0 unspecified atom stereocenters. The molecule has 0 amide bonds. The van der Waals surface area contributed by atoms with Crippen molar-refractivity contribution in [3.05, 3.63) is 58.4 Å². The number of anilines is 1. The van der Waals surface area contributed by atoms with Crippen LogP contribution in [0.1, 0.15) is 36.0 Å². The molecule has 0 radical (unpaired) electrons. The summed E-state index contributed by atoms with van der Waals surface area (Å²) in [6.07, 6.45) is 1.06. The Kier molecular flexibility index (Phi) is 3.65. The van der Waals surface area contributed by atoms with Crippen LogP contribution in [0, 0.1) is 11.6 Å². The third-order valence-electron chi connectivity index (χ3n) is 3.57. The second-order valence-corrected chi connectivity index (χ2v) is 7.23. The second kappa shape index (κ2) is 7.24. The Morgan fingerprint density at radius 1 is 1.44 bits per heavy atom. The van der Waals surface area contributed by atoms with E-state index in [1.165, 1.54) is 12.3 Å². The lowest BCUT2D eigenvalue weighted by Crippen LogP contribution is -2.18. The summed E-state index contributed by atoms with van der Waals surface area (Å²) in [6.45, 7) is -2.94. The predicted molar refractivity (Wildman–Crippen MR) is 98.6 cm³/mol. The normalized spacial score (nSPS) is 15.4. The summed E-state index contributed by atoms with van der Waals surface area (Å²) in [7, 11) is -5.10. The first-order chi connectivity index (χ1) is 14.6. The number of carbonyl (C=O) groups is 1. The summed E-state index contributed by atoms with van der Waals surface area (Å²) in [5.41, 5.74) is -5.33. The topological polar surface area (TPSA) is 91.9 Å². The minimum Gasteiger partial charge on any atom is -0.345 e. The third-order valence-corrected chi connectivity index (χ3v) is 4.79. The van der Waals surface area contributed by atoms with Gasteiger partial charge in [0.25, 0.3) is 0 Å². The van der Waals surface area contributed by atoms with Crippen molar-refractivity contribution < 1.29 is 28.8 Å². The molecule has 0 fully saturated rings. The van der Waals surface area contributed by atoms with Gasteiger partial charge in [-0.15, -0.1) is 0 Å². The third kappa shape index (κ3) is 3.79. The van der Waals surface area contributed by atoms with Gasteiger partial charge in [-0.1, -0.05) is 18.5 Å². The fourth-order valence-electron chi connectivity index (χ4n) is 2.42. The lowest BCUT2D eigenvalue weighted by atomic mass is 10.0. The Labute approximate surface area is 165 Å². The lowest BCUT2D eigenvalue weighted by molar-refractivity contribution is 0.103. The van der Waals surface area contributed by atoms with Crippen molar-refractivity contribution >= 4 is 44.1 Å². The van der Waals surface area contributed by atoms with Gasteiger partial charge in [-0.05, 0) is 24.6 Å². The van der Waals surface area contributed by atoms with E-state index in [-0.39, 0.29) is 21.6 Å². The minimum absolute atomic E-state index is 0.157. The van der Waals surface area contributed by atoms with Crippen molar-refractivity contribution in [3.8, 4) is 0 Å². The number of nitrogens with zero attached hydrogens (tertiary/aromatic N) is 1. The van der Waals surface area contributed by atoms with Crippen molar-refractivity contribution in [2.45, 2.75) is 13.3 Å². The summed E-state index contributed by atoms with van der Waals surface area (Å²) >= 11 is 5.86. The van der Waals surface area contributed by atoms with E-state index in [2.05, 4.69) is 9.97 Å². The average molecular weight is 419 g/mol. The standard InChI is InChI=1S/C17H14ClF2N3O3S/c1-2-5-27(25,26)23-13-4-3-12(19)14(15(13)20)16(24)11-8-22-17-10(11)6-9(18)7-21-17/h3-4,6-8,23H,2,5H2,1H3,(H,21,22)/i1D3,5D2. The smallest absolute Gasteiger partial charge is 0.232 e. The molecule has 3 rings (SSSR count). The molecule has 0 saturated heterocycles. The first-order valence-electron chi connectivity index (χ1n) is 9.81. The number of carbonyl (C=O) groups excluding carboxylic acids is 1. The number of sulfonamides is 1. The summed E-state index contributed by atoms with van der Waals surface area (Å²) < 4.78 is 92.1. The number of aromatic amines is 1. The van der Waals surface area contributed by atoms with Crippen LogP contribution in [0.2, 0.25) is 5.02 Å². The highest BCUT2D eigenvalue weighted by Gasteiger charge is 2.25. The number of benzene rings is 1. The number of rotatable bonds is 6. The SMILES string of the molecule is [2H]C([2H])([2H])CC([2H])([2H])S(=O)(=O)Nc1ccc(F)c(C(=O)c2c[nH]c3ncc(Cl)cc23)c1F. The second-order valence-electron chi connectivity index (χ2n) is 5.29. The fourth-order valence-corrected chi connectivity index (χ4v) is 3.28. The van der Waals surface area contributed by atoms with E-state index in [0.29, 0.717) is 12.1 Å². The van der Waals surface area contributed by atoms with Crippen molar-refractivity contribution in [3.63, 3.8) is 0 Å². The Hall–Kier alpha value is -2.52. The molecule has 1 aromatic carbocycles. The molecule has 2 aromatic heterocycles. The van der Waals surface area contributed by atoms with Gasteiger partial charge in [-0.3, -0.25) is 9.52 Å². The maximum atomic E-state index is 15.0. The van der Waals surface area contributed by atoms with Gasteiger partial charge >= 0.3 is 0 Å². The molecular formula is C17H14ClF2N3O3S. The van der Waals surface area contributed by atoms with Crippen molar-refractivity contribution in [2.24, 2.45) is 0 Å². The molecular weight excluding hydrogens is 400 g/mol. The molecule has 27 heavy (non-hydrogen) atoms. The molecule has 0 aliphatic carbocycles. The molecule has 10 heteroatoms. The zero-order chi connectivity index (χ0) is 24.1. The Morgan fingerprint density at radius 2 is 2.22 bits per heavy atom. The maximum absolute atomic E-state index is 15.0. The Morgan fingerprint density at radius 3 is 2.96 bits per heavy atom. The maximum Gasteiger partial charge on any atom is 0.232 e. The molecule has 0 aliphatic heterocycles. The van der Waals surface area contributed by atoms with Crippen LogP contribution in [0.4, 0.5) is 14.5 Å². The number of H-pyrrole nitrogens is 1. The van der Waals surface area contributed by atoms with E-state index in [1.807, 2.05) is 0 Å². The van der Waals surface area contributed by atoms with Crippen LogP contribution in [-0.4, -0.2) is 29.9 Å². The van der Waals surface area contributed by atoms with Gasteiger partial charge in [0.2, 0.25) is 15.8 Å². The molecule has 142 valence electrons. The zero-order valence-electron chi connectivity index (χ0n) is 18.3. The summed E-state index contributed by atoms with van der Waals surface area (Å²) in [6, 6.07) is 2.62. The van der Waals surface area contributed by atoms with Crippen LogP contribution in [-0.2, 0) is 10.0 Å². The average Bonchev–Trinajstić information content (AvgIpc) is 3.05. The number of hydrogen-bond donors (Lipinski definition) is 2. The number of ketones is 1. The highest BCUT2D eigenvalue weighted by molar-refractivity contribution is 7.92. The largest absolute Gasteiger partial charge is 0.345 e. The first kappa shape index (κ1) is 13.6. The zero-order valence-corrected chi connectivity index (χ0v) is 14.9. The predicted octanol–water partition coefficient (Wildman–Crippen LogP) is 3.88. The number of aromatic nitrogens is 2. The Balaban J connectivity index is 2.04. The highest BCUT2D eigenvalue weighted by Crippen LogP contribution is 2.28. The lowest BCUT2D eigenvalue weighted by Gasteiger charge is -2.11. The van der Waals surface area contributed by atoms with E-state index >= 15 is 4.39 Å². The van der Waals surface area contributed by atoms with Crippen molar-refractivity contribution in [2.75, 3.05) is 10.4 Å². The summed E-state index contributed by atoms with van der Waals surface area (Å²) in [5, 5.41) is 0.325. The molecule has 6 nitrogen and oxygen atoms in total. The summed E-state index contributed by atoms with van der Waals surface area (Å²) in [5.74, 6) is -4.06. The summed E-state index contributed by atoms with van der Waals surface area (Å²) in [4.78, 5) is 19.5. The van der Waals surface area contributed by atoms with E-state index in [0.717, 1.165) is 6.20 Å². The molecule has 2 N–H and O–H groups in total. The van der Waals surface area contributed by atoms with E-state index < -0.39 is 57.7 Å². The Bertz CT molecular complexity index is 1330. The van der Waals surface area contributed by atoms with Crippen LogP contribution >= 0.6 is 11.6 Å². The quantitative estimate of drug-likeness (QED) is 0.594. The van der Waals surface area contributed by atoms with Gasteiger partial charge < -0.3 is 4.98 Å². The number of nitrogens with one attached hydrogen (secondary N) is 2. The van der Waals surface area contributed by atoms with E-state index in [9.17, 15) is 17.6 Å². The van der Waals surface area contributed by atoms with Gasteiger partial charge in [-0.25, -0.2) is 22.2 Å². The van der Waals surface area contributed by atoms with Crippen molar-refractivity contribution in [1.82, 2.24) is 9.97 Å². The van der Waals surface area contributed by atoms with Gasteiger partial charge in [-0.2, -0.15) is 0 Å². The molecule has 0 saturated carbocycles. The van der Waals surface area contributed by atoms with Crippen LogP contribution in [0.25, 0.3) is 11.0 Å². The minimum atomic E-state index is -5.10. The molecule has 0 atom stereocenters. The molecule has 2 heterocycles.